The van der Waals surface area contributed by atoms with E-state index in [1.54, 1.807) is 0 Å². The number of hydrogen-bond donors (Lipinski definition) is 2. The molecule has 0 bridgehead atoms. The van der Waals surface area contributed by atoms with Gasteiger partial charge >= 0.3 is 0 Å². The normalized spacial score (nSPS) is 15.5. The Morgan fingerprint density at radius 3 is 3.04 bits per heavy atom. The van der Waals surface area contributed by atoms with Crippen LogP contribution >= 0.6 is 11.3 Å². The van der Waals surface area contributed by atoms with Gasteiger partial charge in [0.2, 0.25) is 5.91 Å². The number of nitrogens with one attached hydrogen (secondary N) is 2. The maximum absolute atomic E-state index is 11.9. The lowest BCUT2D eigenvalue weighted by Crippen LogP contribution is -2.27. The van der Waals surface area contributed by atoms with E-state index in [9.17, 15) is 4.79 Å². The topological polar surface area (TPSA) is 92.8 Å². The van der Waals surface area contributed by atoms with Crippen LogP contribution in [0, 0.1) is 0 Å². The summed E-state index contributed by atoms with van der Waals surface area (Å²) >= 11 is 1.45. The Bertz CT molecular complexity index is 622. The van der Waals surface area contributed by atoms with Gasteiger partial charge in [-0.2, -0.15) is 5.10 Å². The molecule has 0 aromatic carbocycles. The molecule has 7 nitrogen and oxygen atoms in total. The Hall–Kier alpha value is -1.80. The van der Waals surface area contributed by atoms with E-state index in [0.29, 0.717) is 18.5 Å². The summed E-state index contributed by atoms with van der Waals surface area (Å²) in [5, 5.41) is 12.1. The molecule has 0 radical (unpaired) electrons. The van der Waals surface area contributed by atoms with Crippen LogP contribution in [0.25, 0.3) is 10.8 Å². The highest BCUT2D eigenvalue weighted by Gasteiger charge is 2.13. The second-order valence-corrected chi connectivity index (χ2v) is 6.85. The number of hydrogen-bond acceptors (Lipinski definition) is 6. The molecule has 130 valence electrons. The van der Waals surface area contributed by atoms with Gasteiger partial charge in [-0.25, -0.2) is 9.97 Å². The van der Waals surface area contributed by atoms with E-state index >= 15 is 0 Å². The molecule has 0 aliphatic heterocycles. The van der Waals surface area contributed by atoms with Crippen LogP contribution < -0.4 is 5.32 Å². The van der Waals surface area contributed by atoms with E-state index in [1.165, 1.54) is 49.8 Å². The van der Waals surface area contributed by atoms with Crippen molar-refractivity contribution in [3.8, 4) is 10.8 Å². The van der Waals surface area contributed by atoms with Gasteiger partial charge in [0.15, 0.2) is 10.8 Å². The molecule has 2 N–H and O–H groups in total. The number of aromatic amines is 1. The van der Waals surface area contributed by atoms with Gasteiger partial charge in [-0.3, -0.25) is 9.89 Å². The lowest BCUT2D eigenvalue weighted by Gasteiger charge is -2.21. The highest BCUT2D eigenvalue weighted by Crippen LogP contribution is 2.20. The summed E-state index contributed by atoms with van der Waals surface area (Å²) in [6.45, 7) is 1.36. The van der Waals surface area contributed by atoms with Crippen molar-refractivity contribution < 1.29 is 9.53 Å². The van der Waals surface area contributed by atoms with E-state index in [0.717, 1.165) is 23.7 Å². The monoisotopic (exact) mass is 349 g/mol. The van der Waals surface area contributed by atoms with E-state index in [1.807, 2.05) is 5.38 Å². The molecule has 8 heteroatoms. The first-order valence-corrected chi connectivity index (χ1v) is 9.37. The lowest BCUT2D eigenvalue weighted by atomic mass is 9.98. The SMILES string of the molecule is O=C(Cc1csc(-c2ncn[nH]2)n1)NCCCOC1CCCCC1. The smallest absolute Gasteiger partial charge is 0.226 e. The number of aromatic nitrogens is 4. The second kappa shape index (κ2) is 8.89. The Labute approximate surface area is 145 Å². The predicted molar refractivity (Wildman–Crippen MR) is 91.6 cm³/mol. The Kier molecular flexibility index (Phi) is 6.31. The van der Waals surface area contributed by atoms with Gasteiger partial charge in [-0.15, -0.1) is 11.3 Å². The summed E-state index contributed by atoms with van der Waals surface area (Å²) < 4.78 is 5.85. The Balaban J connectivity index is 1.31. The summed E-state index contributed by atoms with van der Waals surface area (Å²) in [7, 11) is 0. The third-order valence-electron chi connectivity index (χ3n) is 4.06. The van der Waals surface area contributed by atoms with Crippen LogP contribution in [0.15, 0.2) is 11.7 Å². The van der Waals surface area contributed by atoms with Crippen molar-refractivity contribution >= 4 is 17.2 Å². The van der Waals surface area contributed by atoms with Crippen LogP contribution in [0.4, 0.5) is 0 Å². The highest BCUT2D eigenvalue weighted by molar-refractivity contribution is 7.13. The summed E-state index contributed by atoms with van der Waals surface area (Å²) in [5.41, 5.74) is 0.752. The molecular formula is C16H23N5O2S. The maximum atomic E-state index is 11.9. The van der Waals surface area contributed by atoms with Gasteiger partial charge in [-0.05, 0) is 19.3 Å². The number of carbonyl (C=O) groups is 1. The molecule has 1 amide bonds. The summed E-state index contributed by atoms with van der Waals surface area (Å²) in [4.78, 5) is 20.4. The van der Waals surface area contributed by atoms with E-state index < -0.39 is 0 Å². The largest absolute Gasteiger partial charge is 0.378 e. The van der Waals surface area contributed by atoms with Crippen LogP contribution in [0.3, 0.4) is 0 Å². The molecule has 1 aliphatic carbocycles. The maximum Gasteiger partial charge on any atom is 0.226 e. The molecule has 2 aromatic rings. The standard InChI is InChI=1S/C16H23N5O2S/c22-14(17-7-4-8-23-13-5-2-1-3-6-13)9-12-10-24-16(20-12)15-18-11-19-21-15/h10-11,13H,1-9H2,(H,17,22)(H,18,19,21). The van der Waals surface area contributed by atoms with Gasteiger partial charge < -0.3 is 10.1 Å². The third kappa shape index (κ3) is 5.10. The molecule has 2 heterocycles. The number of ether oxygens (including phenoxy) is 1. The fourth-order valence-corrected chi connectivity index (χ4v) is 3.58. The van der Waals surface area contributed by atoms with Crippen molar-refractivity contribution in [1.82, 2.24) is 25.5 Å². The van der Waals surface area contributed by atoms with E-state index in [4.69, 9.17) is 4.74 Å². The molecule has 1 saturated carbocycles. The zero-order valence-corrected chi connectivity index (χ0v) is 14.5. The first-order valence-electron chi connectivity index (χ1n) is 8.49. The number of nitrogens with zero attached hydrogens (tertiary/aromatic N) is 3. The van der Waals surface area contributed by atoms with Gasteiger partial charge in [0.25, 0.3) is 0 Å². The van der Waals surface area contributed by atoms with Crippen molar-refractivity contribution in [2.75, 3.05) is 13.2 Å². The summed E-state index contributed by atoms with van der Waals surface area (Å²) in [5.74, 6) is 0.619. The molecule has 1 aliphatic rings. The fraction of sp³-hybridized carbons (Fsp3) is 0.625. The van der Waals surface area contributed by atoms with Crippen molar-refractivity contribution in [2.45, 2.75) is 51.0 Å². The lowest BCUT2D eigenvalue weighted by molar-refractivity contribution is -0.120. The van der Waals surface area contributed by atoms with Crippen LogP contribution in [-0.2, 0) is 16.0 Å². The molecule has 3 rings (SSSR count). The van der Waals surface area contributed by atoms with E-state index in [-0.39, 0.29) is 12.3 Å². The highest BCUT2D eigenvalue weighted by atomic mass is 32.1. The van der Waals surface area contributed by atoms with Gasteiger partial charge in [-0.1, -0.05) is 19.3 Å². The average molecular weight is 349 g/mol. The van der Waals surface area contributed by atoms with Gasteiger partial charge in [0, 0.05) is 18.5 Å². The molecule has 1 fully saturated rings. The van der Waals surface area contributed by atoms with Crippen molar-refractivity contribution in [3.63, 3.8) is 0 Å². The molecule has 0 saturated heterocycles. The molecule has 0 unspecified atom stereocenters. The quantitative estimate of drug-likeness (QED) is 0.714. The van der Waals surface area contributed by atoms with Crippen LogP contribution in [0.2, 0.25) is 0 Å². The predicted octanol–water partition coefficient (Wildman–Crippen LogP) is 2.33. The van der Waals surface area contributed by atoms with Crippen molar-refractivity contribution in [2.24, 2.45) is 0 Å². The number of carbonyl (C=O) groups excluding carboxylic acids is 1. The minimum atomic E-state index is -0.0120. The summed E-state index contributed by atoms with van der Waals surface area (Å²) in [6, 6.07) is 0. The number of rotatable bonds is 8. The fourth-order valence-electron chi connectivity index (χ4n) is 2.81. The Morgan fingerprint density at radius 2 is 2.25 bits per heavy atom. The minimum Gasteiger partial charge on any atom is -0.378 e. The number of H-pyrrole nitrogens is 1. The average Bonchev–Trinajstić information content (AvgIpc) is 3.27. The van der Waals surface area contributed by atoms with Gasteiger partial charge in [0.05, 0.1) is 18.2 Å². The first kappa shape index (κ1) is 17.0. The Morgan fingerprint density at radius 1 is 1.38 bits per heavy atom. The zero-order valence-electron chi connectivity index (χ0n) is 13.7. The van der Waals surface area contributed by atoms with Crippen LogP contribution in [0.1, 0.15) is 44.2 Å². The van der Waals surface area contributed by atoms with Gasteiger partial charge in [0.1, 0.15) is 6.33 Å². The van der Waals surface area contributed by atoms with E-state index in [2.05, 4.69) is 25.5 Å². The second-order valence-electron chi connectivity index (χ2n) is 5.99. The third-order valence-corrected chi connectivity index (χ3v) is 4.96. The molecule has 0 spiro atoms. The zero-order chi connectivity index (χ0) is 16.6. The first-order chi connectivity index (χ1) is 11.8. The van der Waals surface area contributed by atoms with Crippen molar-refractivity contribution in [1.29, 1.82) is 0 Å². The number of thiazole rings is 1. The number of amides is 1. The van der Waals surface area contributed by atoms with Crippen LogP contribution in [0.5, 0.6) is 0 Å². The van der Waals surface area contributed by atoms with Crippen molar-refractivity contribution in [3.05, 3.63) is 17.4 Å². The molecule has 2 aromatic heterocycles. The van der Waals surface area contributed by atoms with Crippen LogP contribution in [-0.4, -0.2) is 45.3 Å². The minimum absolute atomic E-state index is 0.0120. The molecule has 24 heavy (non-hydrogen) atoms. The summed E-state index contributed by atoms with van der Waals surface area (Å²) in [6.07, 6.45) is 9.28. The molecule has 0 atom stereocenters. The molecular weight excluding hydrogens is 326 g/mol.